The largest absolute Gasteiger partial charge is 0.383 e. The maximum absolute atomic E-state index is 6.15. The second kappa shape index (κ2) is 5.14. The van der Waals surface area contributed by atoms with Crippen LogP contribution >= 0.6 is 15.9 Å². The number of nitrogens with two attached hydrogens (primary N) is 1. The Morgan fingerprint density at radius 1 is 1.39 bits per heavy atom. The zero-order valence-corrected chi connectivity index (χ0v) is 12.6. The molecule has 0 atom stereocenters. The van der Waals surface area contributed by atoms with E-state index in [9.17, 15) is 0 Å². The van der Waals surface area contributed by atoms with Crippen LogP contribution in [0, 0.1) is 6.92 Å². The van der Waals surface area contributed by atoms with Crippen LogP contribution in [0.2, 0.25) is 0 Å². The first-order valence-corrected chi connectivity index (χ1v) is 6.91. The SMILES string of the molecule is CCCc1nc(-c2ccc(C)cc2Br)c(N)n1C. The Morgan fingerprint density at radius 3 is 2.72 bits per heavy atom. The zero-order valence-electron chi connectivity index (χ0n) is 11.0. The lowest BCUT2D eigenvalue weighted by atomic mass is 10.1. The van der Waals surface area contributed by atoms with Gasteiger partial charge in [-0.25, -0.2) is 4.98 Å². The molecule has 1 aromatic carbocycles. The van der Waals surface area contributed by atoms with E-state index >= 15 is 0 Å². The topological polar surface area (TPSA) is 43.8 Å². The number of aryl methyl sites for hydroxylation is 2. The van der Waals surface area contributed by atoms with Crippen LogP contribution in [0.25, 0.3) is 11.3 Å². The number of nitrogens with zero attached hydrogens (tertiary/aromatic N) is 2. The molecule has 0 fully saturated rings. The van der Waals surface area contributed by atoms with Crippen molar-refractivity contribution < 1.29 is 0 Å². The van der Waals surface area contributed by atoms with Gasteiger partial charge in [-0.15, -0.1) is 0 Å². The molecule has 0 bridgehead atoms. The lowest BCUT2D eigenvalue weighted by Crippen LogP contribution is -2.01. The second-order valence-electron chi connectivity index (χ2n) is 4.55. The summed E-state index contributed by atoms with van der Waals surface area (Å²) >= 11 is 3.59. The smallest absolute Gasteiger partial charge is 0.131 e. The van der Waals surface area contributed by atoms with Crippen molar-refractivity contribution in [3.05, 3.63) is 34.1 Å². The Labute approximate surface area is 116 Å². The standard InChI is InChI=1S/C14H18BrN3/c1-4-5-12-17-13(14(16)18(12)3)10-7-6-9(2)8-11(10)15/h6-8H,4-5,16H2,1-3H3. The van der Waals surface area contributed by atoms with Gasteiger partial charge in [0.15, 0.2) is 0 Å². The van der Waals surface area contributed by atoms with Crippen LogP contribution in [-0.4, -0.2) is 9.55 Å². The van der Waals surface area contributed by atoms with Gasteiger partial charge in [-0.3, -0.25) is 0 Å². The molecule has 0 aliphatic carbocycles. The first-order valence-electron chi connectivity index (χ1n) is 6.12. The number of nitrogen functional groups attached to an aromatic ring is 1. The third-order valence-corrected chi connectivity index (χ3v) is 3.74. The van der Waals surface area contributed by atoms with Crippen molar-refractivity contribution in [2.75, 3.05) is 5.73 Å². The van der Waals surface area contributed by atoms with Crippen LogP contribution in [0.1, 0.15) is 24.7 Å². The van der Waals surface area contributed by atoms with Crippen LogP contribution in [0.5, 0.6) is 0 Å². The predicted octanol–water partition coefficient (Wildman–Crippen LogP) is 3.69. The quantitative estimate of drug-likeness (QED) is 0.939. The van der Waals surface area contributed by atoms with E-state index in [2.05, 4.69) is 53.0 Å². The number of rotatable bonds is 3. The Morgan fingerprint density at radius 2 is 2.11 bits per heavy atom. The zero-order chi connectivity index (χ0) is 13.3. The first kappa shape index (κ1) is 13.1. The van der Waals surface area contributed by atoms with E-state index in [-0.39, 0.29) is 0 Å². The number of benzene rings is 1. The number of halogens is 1. The summed E-state index contributed by atoms with van der Waals surface area (Å²) in [6.45, 7) is 4.21. The molecule has 0 saturated carbocycles. The van der Waals surface area contributed by atoms with Crippen LogP contribution in [0.3, 0.4) is 0 Å². The minimum absolute atomic E-state index is 0.725. The van der Waals surface area contributed by atoms with Crippen molar-refractivity contribution in [2.45, 2.75) is 26.7 Å². The monoisotopic (exact) mass is 307 g/mol. The highest BCUT2D eigenvalue weighted by atomic mass is 79.9. The van der Waals surface area contributed by atoms with E-state index in [1.807, 2.05) is 11.6 Å². The summed E-state index contributed by atoms with van der Waals surface area (Å²) in [5, 5.41) is 0. The molecule has 2 N–H and O–H groups in total. The van der Waals surface area contributed by atoms with E-state index in [0.29, 0.717) is 0 Å². The van der Waals surface area contributed by atoms with Gasteiger partial charge in [-0.1, -0.05) is 35.0 Å². The predicted molar refractivity (Wildman–Crippen MR) is 79.5 cm³/mol. The fourth-order valence-corrected chi connectivity index (χ4v) is 2.70. The van der Waals surface area contributed by atoms with Gasteiger partial charge in [0.2, 0.25) is 0 Å². The van der Waals surface area contributed by atoms with Crippen molar-refractivity contribution in [3.8, 4) is 11.3 Å². The van der Waals surface area contributed by atoms with Gasteiger partial charge >= 0.3 is 0 Å². The lowest BCUT2D eigenvalue weighted by Gasteiger charge is -2.04. The molecule has 2 aromatic rings. The fourth-order valence-electron chi connectivity index (χ4n) is 2.02. The Kier molecular flexibility index (Phi) is 3.76. The molecular weight excluding hydrogens is 290 g/mol. The van der Waals surface area contributed by atoms with Crippen molar-refractivity contribution in [2.24, 2.45) is 7.05 Å². The molecule has 3 nitrogen and oxygen atoms in total. The number of hydrogen-bond donors (Lipinski definition) is 1. The summed E-state index contributed by atoms with van der Waals surface area (Å²) < 4.78 is 3.01. The van der Waals surface area contributed by atoms with E-state index in [1.165, 1.54) is 5.56 Å². The van der Waals surface area contributed by atoms with Gasteiger partial charge in [0, 0.05) is 23.5 Å². The maximum atomic E-state index is 6.15. The summed E-state index contributed by atoms with van der Waals surface area (Å²) in [5.41, 5.74) is 9.29. The molecule has 1 heterocycles. The normalized spacial score (nSPS) is 10.9. The van der Waals surface area contributed by atoms with Gasteiger partial charge in [0.25, 0.3) is 0 Å². The van der Waals surface area contributed by atoms with Crippen molar-refractivity contribution >= 4 is 21.7 Å². The molecule has 0 aliphatic rings. The van der Waals surface area contributed by atoms with E-state index in [4.69, 9.17) is 5.73 Å². The van der Waals surface area contributed by atoms with Crippen molar-refractivity contribution in [1.82, 2.24) is 9.55 Å². The van der Waals surface area contributed by atoms with Gasteiger partial charge in [-0.05, 0) is 25.0 Å². The highest BCUT2D eigenvalue weighted by molar-refractivity contribution is 9.10. The fraction of sp³-hybridized carbons (Fsp3) is 0.357. The molecule has 1 aromatic heterocycles. The van der Waals surface area contributed by atoms with E-state index in [0.717, 1.165) is 40.2 Å². The summed E-state index contributed by atoms with van der Waals surface area (Å²) in [7, 11) is 1.97. The first-order chi connectivity index (χ1) is 8.54. The molecule has 0 radical (unpaired) electrons. The van der Waals surface area contributed by atoms with Gasteiger partial charge in [-0.2, -0.15) is 0 Å². The summed E-state index contributed by atoms with van der Waals surface area (Å²) in [4.78, 5) is 4.67. The molecule has 18 heavy (non-hydrogen) atoms. The molecule has 0 aliphatic heterocycles. The highest BCUT2D eigenvalue weighted by Gasteiger charge is 2.15. The number of imidazole rings is 1. The Balaban J connectivity index is 2.53. The molecule has 96 valence electrons. The highest BCUT2D eigenvalue weighted by Crippen LogP contribution is 2.32. The molecule has 0 saturated heterocycles. The average molecular weight is 308 g/mol. The second-order valence-corrected chi connectivity index (χ2v) is 5.41. The van der Waals surface area contributed by atoms with Crippen LogP contribution < -0.4 is 5.73 Å². The minimum atomic E-state index is 0.725. The number of hydrogen-bond acceptors (Lipinski definition) is 2. The molecule has 0 unspecified atom stereocenters. The molecule has 2 rings (SSSR count). The van der Waals surface area contributed by atoms with Crippen molar-refractivity contribution in [1.29, 1.82) is 0 Å². The molecule has 0 spiro atoms. The van der Waals surface area contributed by atoms with Gasteiger partial charge in [0.1, 0.15) is 17.3 Å². The van der Waals surface area contributed by atoms with Crippen molar-refractivity contribution in [3.63, 3.8) is 0 Å². The third kappa shape index (κ3) is 2.29. The van der Waals surface area contributed by atoms with Crippen LogP contribution in [0.15, 0.2) is 22.7 Å². The van der Waals surface area contributed by atoms with Crippen LogP contribution in [-0.2, 0) is 13.5 Å². The maximum Gasteiger partial charge on any atom is 0.131 e. The Bertz CT molecular complexity index is 573. The van der Waals surface area contributed by atoms with Gasteiger partial charge in [0.05, 0.1) is 0 Å². The lowest BCUT2D eigenvalue weighted by molar-refractivity contribution is 0.764. The molecule has 4 heteroatoms. The van der Waals surface area contributed by atoms with Gasteiger partial charge < -0.3 is 10.3 Å². The van der Waals surface area contributed by atoms with E-state index < -0.39 is 0 Å². The number of aromatic nitrogens is 2. The molecule has 0 amide bonds. The van der Waals surface area contributed by atoms with E-state index in [1.54, 1.807) is 0 Å². The summed E-state index contributed by atoms with van der Waals surface area (Å²) in [6, 6.07) is 6.23. The third-order valence-electron chi connectivity index (χ3n) is 3.09. The average Bonchev–Trinajstić information content (AvgIpc) is 2.58. The molecular formula is C14H18BrN3. The summed E-state index contributed by atoms with van der Waals surface area (Å²) in [5.74, 6) is 1.76. The number of anilines is 1. The van der Waals surface area contributed by atoms with Crippen LogP contribution in [0.4, 0.5) is 5.82 Å². The minimum Gasteiger partial charge on any atom is -0.383 e. The summed E-state index contributed by atoms with van der Waals surface area (Å²) in [6.07, 6.45) is 2.02. The Hall–Kier alpha value is -1.29.